The maximum absolute atomic E-state index is 11.8. The van der Waals surface area contributed by atoms with Crippen LogP contribution in [0.5, 0.6) is 0 Å². The first-order valence-corrected chi connectivity index (χ1v) is 8.84. The van der Waals surface area contributed by atoms with Gasteiger partial charge in [-0.1, -0.05) is 30.3 Å². The Bertz CT molecular complexity index is 745. The number of hydrogen-bond acceptors (Lipinski definition) is 4. The minimum absolute atomic E-state index is 0.201. The van der Waals surface area contributed by atoms with Crippen LogP contribution in [0.1, 0.15) is 24.2 Å². The predicted octanol–water partition coefficient (Wildman–Crippen LogP) is 2.35. The van der Waals surface area contributed by atoms with Crippen molar-refractivity contribution in [3.8, 4) is 0 Å². The fourth-order valence-electron chi connectivity index (χ4n) is 3.95. The van der Waals surface area contributed by atoms with Gasteiger partial charge in [-0.3, -0.25) is 4.90 Å². The van der Waals surface area contributed by atoms with Gasteiger partial charge in [-0.15, -0.1) is 0 Å². The third-order valence-corrected chi connectivity index (χ3v) is 5.12. The monoisotopic (exact) mass is 340 g/mol. The summed E-state index contributed by atoms with van der Waals surface area (Å²) in [6.07, 6.45) is 5.68. The van der Waals surface area contributed by atoms with E-state index in [4.69, 9.17) is 4.74 Å². The van der Waals surface area contributed by atoms with Gasteiger partial charge in [0.05, 0.1) is 13.1 Å². The molecule has 2 saturated heterocycles. The van der Waals surface area contributed by atoms with Crippen LogP contribution < -0.4 is 0 Å². The van der Waals surface area contributed by atoms with Gasteiger partial charge in [0.2, 0.25) is 0 Å². The van der Waals surface area contributed by atoms with Crippen LogP contribution in [0.3, 0.4) is 0 Å². The minimum atomic E-state index is -0.346. The van der Waals surface area contributed by atoms with Crippen LogP contribution in [0.15, 0.2) is 42.7 Å². The summed E-state index contributed by atoms with van der Waals surface area (Å²) < 4.78 is 7.89. The van der Waals surface area contributed by atoms with Gasteiger partial charge in [0.1, 0.15) is 11.4 Å². The van der Waals surface area contributed by atoms with Crippen LogP contribution in [0.4, 0.5) is 4.79 Å². The fraction of sp³-hybridized carbons (Fsp3) is 0.474. The van der Waals surface area contributed by atoms with Crippen LogP contribution >= 0.6 is 0 Å². The molecule has 6 heteroatoms. The molecule has 132 valence electrons. The summed E-state index contributed by atoms with van der Waals surface area (Å²) in [4.78, 5) is 20.4. The Labute approximate surface area is 148 Å². The van der Waals surface area contributed by atoms with Gasteiger partial charge in [-0.05, 0) is 24.9 Å². The number of nitrogens with zero attached hydrogens (tertiary/aromatic N) is 4. The molecule has 1 spiro atoms. The van der Waals surface area contributed by atoms with Gasteiger partial charge in [0.25, 0.3) is 0 Å². The zero-order valence-corrected chi connectivity index (χ0v) is 14.6. The van der Waals surface area contributed by atoms with Gasteiger partial charge in [0, 0.05) is 32.5 Å². The highest BCUT2D eigenvalue weighted by molar-refractivity contribution is 5.70. The third-order valence-electron chi connectivity index (χ3n) is 5.12. The molecule has 0 saturated carbocycles. The summed E-state index contributed by atoms with van der Waals surface area (Å²) in [6, 6.07) is 10.4. The van der Waals surface area contributed by atoms with Crippen LogP contribution in [-0.2, 0) is 17.8 Å². The average molecular weight is 340 g/mol. The van der Waals surface area contributed by atoms with Crippen molar-refractivity contribution in [3.63, 3.8) is 0 Å². The molecule has 25 heavy (non-hydrogen) atoms. The zero-order valence-electron chi connectivity index (χ0n) is 14.6. The Morgan fingerprint density at radius 1 is 1.20 bits per heavy atom. The standard InChI is InChI=1S/C19H24N4O2/c1-21-14-19(25-18(21)24)8-5-10-22(15-19)13-17-20-9-11-23(17)12-16-6-3-2-4-7-16/h2-4,6-7,9,11H,5,8,10,12-15H2,1H3/t19-/m1/s1. The smallest absolute Gasteiger partial charge is 0.410 e. The van der Waals surface area contributed by atoms with Gasteiger partial charge in [-0.2, -0.15) is 0 Å². The van der Waals surface area contributed by atoms with Gasteiger partial charge >= 0.3 is 6.09 Å². The molecule has 1 amide bonds. The fourth-order valence-corrected chi connectivity index (χ4v) is 3.95. The molecule has 2 fully saturated rings. The van der Waals surface area contributed by atoms with Crippen molar-refractivity contribution in [2.75, 3.05) is 26.7 Å². The van der Waals surface area contributed by atoms with E-state index in [-0.39, 0.29) is 11.7 Å². The Kier molecular flexibility index (Phi) is 4.21. The van der Waals surface area contributed by atoms with Crippen LogP contribution in [0.25, 0.3) is 0 Å². The topological polar surface area (TPSA) is 50.6 Å². The number of imidazole rings is 1. The molecule has 0 radical (unpaired) electrons. The SMILES string of the molecule is CN1C[C@@]2(CCCN(Cc3nccn3Cc3ccccc3)C2)OC1=O. The second-order valence-electron chi connectivity index (χ2n) is 7.18. The van der Waals surface area contributed by atoms with Crippen LogP contribution in [0.2, 0.25) is 0 Å². The van der Waals surface area contributed by atoms with E-state index in [0.29, 0.717) is 6.54 Å². The largest absolute Gasteiger partial charge is 0.440 e. The summed E-state index contributed by atoms with van der Waals surface area (Å²) >= 11 is 0. The quantitative estimate of drug-likeness (QED) is 0.857. The lowest BCUT2D eigenvalue weighted by Gasteiger charge is -2.38. The number of rotatable bonds is 4. The molecular weight excluding hydrogens is 316 g/mol. The molecule has 2 aromatic rings. The molecule has 0 unspecified atom stereocenters. The Morgan fingerprint density at radius 2 is 2.04 bits per heavy atom. The van der Waals surface area contributed by atoms with Crippen molar-refractivity contribution in [1.82, 2.24) is 19.4 Å². The van der Waals surface area contributed by atoms with Gasteiger partial charge < -0.3 is 14.2 Å². The molecule has 0 aliphatic carbocycles. The van der Waals surface area contributed by atoms with E-state index in [1.54, 1.807) is 4.90 Å². The molecule has 3 heterocycles. The highest BCUT2D eigenvalue weighted by Crippen LogP contribution is 2.31. The normalized spacial score (nSPS) is 24.0. The molecule has 1 aromatic heterocycles. The average Bonchev–Trinajstić information content (AvgIpc) is 3.13. The van der Waals surface area contributed by atoms with Crippen molar-refractivity contribution in [1.29, 1.82) is 0 Å². The summed E-state index contributed by atoms with van der Waals surface area (Å²) in [5, 5.41) is 0. The first kappa shape index (κ1) is 16.1. The van der Waals surface area contributed by atoms with E-state index in [9.17, 15) is 4.79 Å². The number of carbonyl (C=O) groups is 1. The van der Waals surface area contributed by atoms with Crippen molar-refractivity contribution in [2.45, 2.75) is 31.5 Å². The number of likely N-dealkylation sites (N-methyl/N-ethyl adjacent to an activating group) is 1. The first-order chi connectivity index (χ1) is 12.1. The first-order valence-electron chi connectivity index (χ1n) is 8.84. The molecule has 2 aliphatic heterocycles. The molecular formula is C19H24N4O2. The van der Waals surface area contributed by atoms with E-state index in [0.717, 1.165) is 44.8 Å². The molecule has 1 atom stereocenters. The lowest BCUT2D eigenvalue weighted by atomic mass is 9.93. The van der Waals surface area contributed by atoms with Crippen LogP contribution in [0, 0.1) is 0 Å². The minimum Gasteiger partial charge on any atom is -0.440 e. The number of benzene rings is 1. The Morgan fingerprint density at radius 3 is 2.80 bits per heavy atom. The number of hydrogen-bond donors (Lipinski definition) is 0. The van der Waals surface area contributed by atoms with E-state index in [1.807, 2.05) is 25.5 Å². The molecule has 1 aromatic carbocycles. The number of piperidine rings is 1. The molecule has 0 N–H and O–H groups in total. The maximum atomic E-state index is 11.8. The van der Waals surface area contributed by atoms with Gasteiger partial charge in [-0.25, -0.2) is 9.78 Å². The molecule has 6 nitrogen and oxygen atoms in total. The lowest BCUT2D eigenvalue weighted by Crippen LogP contribution is -2.50. The van der Waals surface area contributed by atoms with E-state index in [2.05, 4.69) is 38.7 Å². The van der Waals surface area contributed by atoms with Gasteiger partial charge in [0.15, 0.2) is 0 Å². The number of carbonyl (C=O) groups excluding carboxylic acids is 1. The molecule has 0 bridgehead atoms. The predicted molar refractivity (Wildman–Crippen MR) is 94.1 cm³/mol. The summed E-state index contributed by atoms with van der Waals surface area (Å²) in [5.41, 5.74) is 0.921. The number of likely N-dealkylation sites (tertiary alicyclic amines) is 1. The van der Waals surface area contributed by atoms with Crippen molar-refractivity contribution in [2.24, 2.45) is 0 Å². The molecule has 2 aliphatic rings. The zero-order chi connectivity index (χ0) is 17.3. The van der Waals surface area contributed by atoms with Crippen molar-refractivity contribution >= 4 is 6.09 Å². The number of aromatic nitrogens is 2. The Balaban J connectivity index is 1.44. The highest BCUT2D eigenvalue weighted by Gasteiger charge is 2.46. The maximum Gasteiger partial charge on any atom is 0.410 e. The number of ether oxygens (including phenoxy) is 1. The van der Waals surface area contributed by atoms with Crippen molar-refractivity contribution < 1.29 is 9.53 Å². The number of amides is 1. The van der Waals surface area contributed by atoms with E-state index < -0.39 is 0 Å². The highest BCUT2D eigenvalue weighted by atomic mass is 16.6. The summed E-state index contributed by atoms with van der Waals surface area (Å²) in [5.74, 6) is 1.05. The summed E-state index contributed by atoms with van der Waals surface area (Å²) in [7, 11) is 1.81. The summed E-state index contributed by atoms with van der Waals surface area (Å²) in [6.45, 7) is 4.08. The molecule has 4 rings (SSSR count). The van der Waals surface area contributed by atoms with Crippen molar-refractivity contribution in [3.05, 3.63) is 54.1 Å². The third kappa shape index (κ3) is 3.39. The van der Waals surface area contributed by atoms with E-state index in [1.165, 1.54) is 5.56 Å². The second kappa shape index (κ2) is 6.52. The van der Waals surface area contributed by atoms with E-state index >= 15 is 0 Å². The second-order valence-corrected chi connectivity index (χ2v) is 7.18. The lowest BCUT2D eigenvalue weighted by molar-refractivity contribution is -0.0122. The van der Waals surface area contributed by atoms with Crippen LogP contribution in [-0.4, -0.2) is 57.7 Å². The Hall–Kier alpha value is -2.34.